The minimum absolute atomic E-state index is 0.0883. The first kappa shape index (κ1) is 14.0. The molecule has 0 unspecified atom stereocenters. The molecular weight excluding hydrogens is 275 g/mol. The molecule has 0 N–H and O–H groups in total. The zero-order valence-electron chi connectivity index (χ0n) is 10.6. The summed E-state index contributed by atoms with van der Waals surface area (Å²) in [7, 11) is 0. The fraction of sp³-hybridized carbons (Fsp3) is 0.250. The van der Waals surface area contributed by atoms with Crippen LogP contribution in [0.3, 0.4) is 0 Å². The number of benzene rings is 1. The molecule has 0 radical (unpaired) electrons. The number of nitro benzene ring substituents is 1. The van der Waals surface area contributed by atoms with E-state index >= 15 is 0 Å². The summed E-state index contributed by atoms with van der Waals surface area (Å²) in [6, 6.07) is 4.97. The minimum atomic E-state index is -4.52. The van der Waals surface area contributed by atoms with Crippen LogP contribution in [-0.2, 0) is 6.18 Å². The van der Waals surface area contributed by atoms with Gasteiger partial charge in [-0.1, -0.05) is 0 Å². The Hall–Kier alpha value is -2.38. The number of rotatable bonds is 2. The van der Waals surface area contributed by atoms with Crippen LogP contribution in [0.2, 0.25) is 0 Å². The number of aromatic nitrogens is 2. The Morgan fingerprint density at radius 2 is 1.90 bits per heavy atom. The largest absolute Gasteiger partial charge is 0.435 e. The van der Waals surface area contributed by atoms with Crippen LogP contribution in [0, 0.1) is 24.0 Å². The van der Waals surface area contributed by atoms with Crippen LogP contribution in [-0.4, -0.2) is 14.7 Å². The Bertz CT molecular complexity index is 677. The molecule has 0 aliphatic heterocycles. The molecule has 1 aromatic heterocycles. The van der Waals surface area contributed by atoms with Gasteiger partial charge in [0.05, 0.1) is 10.6 Å². The molecule has 1 heterocycles. The van der Waals surface area contributed by atoms with E-state index in [4.69, 9.17) is 0 Å². The molecule has 0 aliphatic rings. The molecule has 5 nitrogen and oxygen atoms in total. The number of aryl methyl sites for hydroxylation is 2. The van der Waals surface area contributed by atoms with Gasteiger partial charge in [0.25, 0.3) is 5.69 Å². The highest BCUT2D eigenvalue weighted by atomic mass is 19.4. The highest BCUT2D eigenvalue weighted by Gasteiger charge is 2.34. The monoisotopic (exact) mass is 285 g/mol. The maximum absolute atomic E-state index is 12.6. The number of hydrogen-bond acceptors (Lipinski definition) is 3. The van der Waals surface area contributed by atoms with E-state index < -0.39 is 16.8 Å². The normalized spacial score (nSPS) is 11.7. The van der Waals surface area contributed by atoms with E-state index in [1.54, 1.807) is 0 Å². The average molecular weight is 285 g/mol. The van der Waals surface area contributed by atoms with Gasteiger partial charge >= 0.3 is 6.18 Å². The predicted molar refractivity (Wildman–Crippen MR) is 64.7 cm³/mol. The van der Waals surface area contributed by atoms with Gasteiger partial charge in [-0.2, -0.15) is 18.3 Å². The number of alkyl halides is 3. The van der Waals surface area contributed by atoms with E-state index in [9.17, 15) is 23.3 Å². The van der Waals surface area contributed by atoms with E-state index in [2.05, 4.69) is 5.10 Å². The van der Waals surface area contributed by atoms with Crippen molar-refractivity contribution in [2.24, 2.45) is 0 Å². The molecule has 0 spiro atoms. The SMILES string of the molecule is Cc1cc(-n2nc(C(F)(F)F)cc2C)ccc1[N+](=O)[O-]. The molecule has 0 saturated heterocycles. The highest BCUT2D eigenvalue weighted by Crippen LogP contribution is 2.30. The van der Waals surface area contributed by atoms with Gasteiger partial charge in [0.1, 0.15) is 0 Å². The van der Waals surface area contributed by atoms with Crippen molar-refractivity contribution in [2.45, 2.75) is 20.0 Å². The third kappa shape index (κ3) is 2.49. The first-order valence-electron chi connectivity index (χ1n) is 5.59. The van der Waals surface area contributed by atoms with Gasteiger partial charge < -0.3 is 0 Å². The fourth-order valence-electron chi connectivity index (χ4n) is 1.85. The van der Waals surface area contributed by atoms with Gasteiger partial charge in [-0.3, -0.25) is 10.1 Å². The number of nitro groups is 1. The lowest BCUT2D eigenvalue weighted by atomic mass is 10.2. The number of halogens is 3. The van der Waals surface area contributed by atoms with Crippen molar-refractivity contribution in [3.8, 4) is 5.69 Å². The van der Waals surface area contributed by atoms with Gasteiger partial charge in [0.15, 0.2) is 5.69 Å². The molecule has 0 amide bonds. The van der Waals surface area contributed by atoms with Crippen LogP contribution in [0.15, 0.2) is 24.3 Å². The molecule has 1 aromatic carbocycles. The molecule has 0 atom stereocenters. The van der Waals surface area contributed by atoms with Crippen molar-refractivity contribution >= 4 is 5.69 Å². The van der Waals surface area contributed by atoms with Crippen LogP contribution in [0.1, 0.15) is 17.0 Å². The van der Waals surface area contributed by atoms with E-state index in [1.165, 1.54) is 32.0 Å². The quantitative estimate of drug-likeness (QED) is 0.627. The smallest absolute Gasteiger partial charge is 0.258 e. The summed E-state index contributed by atoms with van der Waals surface area (Å²) >= 11 is 0. The second-order valence-electron chi connectivity index (χ2n) is 4.31. The molecule has 8 heteroatoms. The summed E-state index contributed by atoms with van der Waals surface area (Å²) < 4.78 is 38.9. The summed E-state index contributed by atoms with van der Waals surface area (Å²) in [5.74, 6) is 0. The summed E-state index contributed by atoms with van der Waals surface area (Å²) in [6.45, 7) is 3.00. The Labute approximate surface area is 111 Å². The molecule has 0 saturated carbocycles. The summed E-state index contributed by atoms with van der Waals surface area (Å²) in [5, 5.41) is 14.2. The van der Waals surface area contributed by atoms with Crippen molar-refractivity contribution < 1.29 is 18.1 Å². The third-order valence-corrected chi connectivity index (χ3v) is 2.80. The van der Waals surface area contributed by atoms with Gasteiger partial charge in [-0.05, 0) is 32.0 Å². The molecular formula is C12H10F3N3O2. The topological polar surface area (TPSA) is 61.0 Å². The van der Waals surface area contributed by atoms with E-state index in [-0.39, 0.29) is 5.69 Å². The second kappa shape index (κ2) is 4.62. The maximum Gasteiger partial charge on any atom is 0.435 e. The molecule has 0 bridgehead atoms. The Morgan fingerprint density at radius 1 is 1.25 bits per heavy atom. The zero-order valence-corrected chi connectivity index (χ0v) is 10.6. The maximum atomic E-state index is 12.6. The Morgan fingerprint density at radius 3 is 2.35 bits per heavy atom. The van der Waals surface area contributed by atoms with Crippen molar-refractivity contribution in [3.63, 3.8) is 0 Å². The minimum Gasteiger partial charge on any atom is -0.258 e. The second-order valence-corrected chi connectivity index (χ2v) is 4.31. The molecule has 0 aliphatic carbocycles. The first-order valence-corrected chi connectivity index (χ1v) is 5.59. The van der Waals surface area contributed by atoms with Crippen LogP contribution in [0.25, 0.3) is 5.69 Å². The predicted octanol–water partition coefficient (Wildman–Crippen LogP) is 3.42. The summed E-state index contributed by atoms with van der Waals surface area (Å²) in [4.78, 5) is 10.2. The molecule has 2 rings (SSSR count). The fourth-order valence-corrected chi connectivity index (χ4v) is 1.85. The average Bonchev–Trinajstić information content (AvgIpc) is 2.70. The highest BCUT2D eigenvalue weighted by molar-refractivity contribution is 5.48. The van der Waals surface area contributed by atoms with Crippen molar-refractivity contribution in [2.75, 3.05) is 0 Å². The lowest BCUT2D eigenvalue weighted by molar-refractivity contribution is -0.385. The van der Waals surface area contributed by atoms with Crippen LogP contribution in [0.5, 0.6) is 0 Å². The summed E-state index contributed by atoms with van der Waals surface area (Å²) in [6.07, 6.45) is -4.52. The van der Waals surface area contributed by atoms with Crippen LogP contribution in [0.4, 0.5) is 18.9 Å². The molecule has 2 aromatic rings. The van der Waals surface area contributed by atoms with Crippen molar-refractivity contribution in [1.29, 1.82) is 0 Å². The number of hydrogen-bond donors (Lipinski definition) is 0. The molecule has 20 heavy (non-hydrogen) atoms. The lowest BCUT2D eigenvalue weighted by Gasteiger charge is -2.06. The van der Waals surface area contributed by atoms with Crippen LogP contribution >= 0.6 is 0 Å². The standard InChI is InChI=1S/C12H10F3N3O2/c1-7-5-9(3-4-10(7)18(19)20)17-8(2)6-11(16-17)12(13,14)15/h3-6H,1-2H3. The molecule has 0 fully saturated rings. The van der Waals surface area contributed by atoms with E-state index in [0.717, 1.165) is 10.7 Å². The van der Waals surface area contributed by atoms with Crippen molar-refractivity contribution in [3.05, 3.63) is 51.3 Å². The van der Waals surface area contributed by atoms with Crippen molar-refractivity contribution in [1.82, 2.24) is 9.78 Å². The molecule has 106 valence electrons. The first-order chi connectivity index (χ1) is 9.20. The summed E-state index contributed by atoms with van der Waals surface area (Å²) in [5.41, 5.74) is -0.0803. The van der Waals surface area contributed by atoms with Gasteiger partial charge in [0.2, 0.25) is 0 Å². The van der Waals surface area contributed by atoms with E-state index in [1.807, 2.05) is 0 Å². The van der Waals surface area contributed by atoms with E-state index in [0.29, 0.717) is 16.9 Å². The number of nitrogens with zero attached hydrogens (tertiary/aromatic N) is 3. The van der Waals surface area contributed by atoms with Gasteiger partial charge in [-0.25, -0.2) is 4.68 Å². The third-order valence-electron chi connectivity index (χ3n) is 2.80. The lowest BCUT2D eigenvalue weighted by Crippen LogP contribution is -2.07. The van der Waals surface area contributed by atoms with Gasteiger partial charge in [-0.15, -0.1) is 0 Å². The Balaban J connectivity index is 2.50. The zero-order chi connectivity index (χ0) is 15.1. The van der Waals surface area contributed by atoms with Crippen LogP contribution < -0.4 is 0 Å². The Kier molecular flexibility index (Phi) is 3.24. The van der Waals surface area contributed by atoms with Gasteiger partial charge in [0, 0.05) is 17.3 Å².